The first-order chi connectivity index (χ1) is 9.50. The van der Waals surface area contributed by atoms with Crippen LogP contribution in [0.15, 0.2) is 0 Å². The fraction of sp³-hybridized carbons (Fsp3) is 0.769. The standard InChI is InChI=1S/C13H21N3O4/c14-11(17)9-4-7-15(8-5-9)13(20)16-6-2-1-3-10(16)12(18)19/h9-10H,1-8H2,(H2,14,17)(H,18,19). The minimum Gasteiger partial charge on any atom is -0.480 e. The lowest BCUT2D eigenvalue weighted by Gasteiger charge is -2.39. The Morgan fingerprint density at radius 2 is 1.65 bits per heavy atom. The molecule has 2 heterocycles. The lowest BCUT2D eigenvalue weighted by atomic mass is 9.96. The second kappa shape index (κ2) is 6.11. The van der Waals surface area contributed by atoms with Gasteiger partial charge < -0.3 is 20.6 Å². The zero-order valence-electron chi connectivity index (χ0n) is 11.5. The number of aliphatic carboxylic acids is 1. The summed E-state index contributed by atoms with van der Waals surface area (Å²) in [4.78, 5) is 37.8. The van der Waals surface area contributed by atoms with Crippen molar-refractivity contribution in [2.24, 2.45) is 11.7 Å². The number of hydrogen-bond donors (Lipinski definition) is 2. The Labute approximate surface area is 117 Å². The van der Waals surface area contributed by atoms with Crippen LogP contribution >= 0.6 is 0 Å². The van der Waals surface area contributed by atoms with Crippen LogP contribution in [0.1, 0.15) is 32.1 Å². The van der Waals surface area contributed by atoms with Crippen molar-refractivity contribution < 1.29 is 19.5 Å². The van der Waals surface area contributed by atoms with Crippen molar-refractivity contribution in [1.29, 1.82) is 0 Å². The number of amides is 3. The molecule has 7 heteroatoms. The number of hydrogen-bond acceptors (Lipinski definition) is 3. The molecular formula is C13H21N3O4. The highest BCUT2D eigenvalue weighted by atomic mass is 16.4. The molecule has 112 valence electrons. The topological polar surface area (TPSA) is 104 Å². The number of carboxylic acid groups (broad SMARTS) is 1. The number of carbonyl (C=O) groups excluding carboxylic acids is 2. The SMILES string of the molecule is NC(=O)C1CCN(C(=O)N2CCCCC2C(=O)O)CC1. The predicted molar refractivity (Wildman–Crippen MR) is 70.9 cm³/mol. The van der Waals surface area contributed by atoms with E-state index in [1.54, 1.807) is 4.90 Å². The van der Waals surface area contributed by atoms with Gasteiger partial charge in [-0.05, 0) is 32.1 Å². The van der Waals surface area contributed by atoms with Gasteiger partial charge in [0.1, 0.15) is 6.04 Å². The second-order valence-corrected chi connectivity index (χ2v) is 5.49. The maximum atomic E-state index is 12.4. The van der Waals surface area contributed by atoms with E-state index < -0.39 is 12.0 Å². The number of piperidine rings is 2. The van der Waals surface area contributed by atoms with Gasteiger partial charge in [-0.2, -0.15) is 0 Å². The van der Waals surface area contributed by atoms with Gasteiger partial charge in [-0.3, -0.25) is 4.79 Å². The number of nitrogens with two attached hydrogens (primary N) is 1. The van der Waals surface area contributed by atoms with Crippen LogP contribution in [0.25, 0.3) is 0 Å². The van der Waals surface area contributed by atoms with E-state index in [9.17, 15) is 19.5 Å². The molecule has 0 aromatic rings. The highest BCUT2D eigenvalue weighted by Gasteiger charge is 2.36. The first-order valence-electron chi connectivity index (χ1n) is 7.08. The van der Waals surface area contributed by atoms with Crippen LogP contribution in [0.3, 0.4) is 0 Å². The van der Waals surface area contributed by atoms with E-state index in [0.29, 0.717) is 38.9 Å². The molecule has 0 aromatic carbocycles. The van der Waals surface area contributed by atoms with Gasteiger partial charge in [0.2, 0.25) is 5.91 Å². The van der Waals surface area contributed by atoms with Crippen LogP contribution in [0, 0.1) is 5.92 Å². The van der Waals surface area contributed by atoms with Gasteiger partial charge in [0, 0.05) is 25.6 Å². The normalized spacial score (nSPS) is 24.5. The molecule has 0 bridgehead atoms. The number of urea groups is 1. The molecular weight excluding hydrogens is 262 g/mol. The van der Waals surface area contributed by atoms with Crippen molar-refractivity contribution in [3.05, 3.63) is 0 Å². The Morgan fingerprint density at radius 1 is 1.00 bits per heavy atom. The van der Waals surface area contributed by atoms with Gasteiger partial charge in [-0.25, -0.2) is 9.59 Å². The third-order valence-electron chi connectivity index (χ3n) is 4.20. The minimum atomic E-state index is -0.940. The third kappa shape index (κ3) is 3.02. The second-order valence-electron chi connectivity index (χ2n) is 5.49. The number of rotatable bonds is 2. The smallest absolute Gasteiger partial charge is 0.326 e. The Bertz CT molecular complexity index is 404. The predicted octanol–water partition coefficient (Wildman–Crippen LogP) is 0.243. The number of primary amides is 1. The maximum absolute atomic E-state index is 12.4. The molecule has 0 spiro atoms. The van der Waals surface area contributed by atoms with E-state index in [-0.39, 0.29) is 17.9 Å². The van der Waals surface area contributed by atoms with Gasteiger partial charge in [-0.15, -0.1) is 0 Å². The monoisotopic (exact) mass is 283 g/mol. The van der Waals surface area contributed by atoms with Crippen LogP contribution < -0.4 is 5.73 Å². The number of carbonyl (C=O) groups is 3. The summed E-state index contributed by atoms with van der Waals surface area (Å²) in [6.07, 6.45) is 3.32. The molecule has 1 atom stereocenters. The summed E-state index contributed by atoms with van der Waals surface area (Å²) < 4.78 is 0. The zero-order chi connectivity index (χ0) is 14.7. The molecule has 2 saturated heterocycles. The Morgan fingerprint density at radius 3 is 2.20 bits per heavy atom. The minimum absolute atomic E-state index is 0.171. The average molecular weight is 283 g/mol. The van der Waals surface area contributed by atoms with Gasteiger partial charge in [0.15, 0.2) is 0 Å². The first kappa shape index (κ1) is 14.6. The molecule has 0 aliphatic carbocycles. The van der Waals surface area contributed by atoms with E-state index in [0.717, 1.165) is 12.8 Å². The number of likely N-dealkylation sites (tertiary alicyclic amines) is 2. The molecule has 20 heavy (non-hydrogen) atoms. The fourth-order valence-corrected chi connectivity index (χ4v) is 2.95. The summed E-state index contributed by atoms with van der Waals surface area (Å²) in [5.74, 6) is -1.43. The Balaban J connectivity index is 1.97. The van der Waals surface area contributed by atoms with Crippen LogP contribution in [-0.4, -0.2) is 58.5 Å². The molecule has 2 aliphatic rings. The highest BCUT2D eigenvalue weighted by Crippen LogP contribution is 2.22. The average Bonchev–Trinajstić information content (AvgIpc) is 2.46. The van der Waals surface area contributed by atoms with Crippen molar-refractivity contribution in [3.63, 3.8) is 0 Å². The van der Waals surface area contributed by atoms with Crippen molar-refractivity contribution >= 4 is 17.9 Å². The molecule has 3 amide bonds. The number of carboxylic acids is 1. The van der Waals surface area contributed by atoms with Gasteiger partial charge in [0.05, 0.1) is 0 Å². The molecule has 7 nitrogen and oxygen atoms in total. The van der Waals surface area contributed by atoms with E-state index in [1.807, 2.05) is 0 Å². The van der Waals surface area contributed by atoms with Crippen LogP contribution in [0.5, 0.6) is 0 Å². The van der Waals surface area contributed by atoms with E-state index in [4.69, 9.17) is 5.73 Å². The summed E-state index contributed by atoms with van der Waals surface area (Å²) in [5.41, 5.74) is 5.26. The largest absolute Gasteiger partial charge is 0.480 e. The summed E-state index contributed by atoms with van der Waals surface area (Å²) in [6, 6.07) is -0.940. The van der Waals surface area contributed by atoms with E-state index in [1.165, 1.54) is 4.90 Å². The van der Waals surface area contributed by atoms with E-state index >= 15 is 0 Å². The van der Waals surface area contributed by atoms with Gasteiger partial charge in [0.25, 0.3) is 0 Å². The Hall–Kier alpha value is -1.79. The molecule has 2 rings (SSSR count). The van der Waals surface area contributed by atoms with Gasteiger partial charge in [-0.1, -0.05) is 0 Å². The van der Waals surface area contributed by atoms with Crippen LogP contribution in [-0.2, 0) is 9.59 Å². The number of nitrogens with zero attached hydrogens (tertiary/aromatic N) is 2. The lowest BCUT2D eigenvalue weighted by molar-refractivity contribution is -0.143. The fourth-order valence-electron chi connectivity index (χ4n) is 2.95. The molecule has 2 fully saturated rings. The summed E-state index contributed by atoms with van der Waals surface area (Å²) >= 11 is 0. The van der Waals surface area contributed by atoms with Crippen molar-refractivity contribution in [2.45, 2.75) is 38.1 Å². The van der Waals surface area contributed by atoms with Crippen molar-refractivity contribution in [1.82, 2.24) is 9.80 Å². The zero-order valence-corrected chi connectivity index (χ0v) is 11.5. The van der Waals surface area contributed by atoms with Gasteiger partial charge >= 0.3 is 12.0 Å². The van der Waals surface area contributed by atoms with Crippen molar-refractivity contribution in [2.75, 3.05) is 19.6 Å². The quantitative estimate of drug-likeness (QED) is 0.757. The molecule has 0 saturated carbocycles. The third-order valence-corrected chi connectivity index (χ3v) is 4.20. The first-order valence-corrected chi connectivity index (χ1v) is 7.08. The highest BCUT2D eigenvalue weighted by molar-refractivity contribution is 5.83. The Kier molecular flexibility index (Phi) is 4.46. The molecule has 0 radical (unpaired) electrons. The summed E-state index contributed by atoms with van der Waals surface area (Å²) in [7, 11) is 0. The molecule has 1 unspecified atom stereocenters. The summed E-state index contributed by atoms with van der Waals surface area (Å²) in [6.45, 7) is 1.43. The molecule has 0 aromatic heterocycles. The van der Waals surface area contributed by atoms with Crippen molar-refractivity contribution in [3.8, 4) is 0 Å². The lowest BCUT2D eigenvalue weighted by Crippen LogP contribution is -2.55. The maximum Gasteiger partial charge on any atom is 0.326 e. The summed E-state index contributed by atoms with van der Waals surface area (Å²) in [5, 5.41) is 9.20. The van der Waals surface area contributed by atoms with Crippen LogP contribution in [0.2, 0.25) is 0 Å². The van der Waals surface area contributed by atoms with Crippen LogP contribution in [0.4, 0.5) is 4.79 Å². The molecule has 3 N–H and O–H groups in total. The van der Waals surface area contributed by atoms with E-state index in [2.05, 4.69) is 0 Å². The molecule has 2 aliphatic heterocycles.